The van der Waals surface area contributed by atoms with Crippen molar-refractivity contribution < 1.29 is 14.3 Å². The molecule has 0 unspecified atom stereocenters. The molecule has 5 nitrogen and oxygen atoms in total. The van der Waals surface area contributed by atoms with Crippen LogP contribution in [0.25, 0.3) is 0 Å². The Morgan fingerprint density at radius 1 is 1.38 bits per heavy atom. The number of rotatable bonds is 0. The Morgan fingerprint density at radius 2 is 2.15 bits per heavy atom. The van der Waals surface area contributed by atoms with Gasteiger partial charge < -0.3 is 0 Å². The van der Waals surface area contributed by atoms with Crippen LogP contribution >= 0.6 is 0 Å². The second-order valence-electron chi connectivity index (χ2n) is 2.93. The van der Waals surface area contributed by atoms with Crippen LogP contribution in [0.4, 0.5) is 0 Å². The van der Waals surface area contributed by atoms with Gasteiger partial charge in [-0.2, -0.15) is 0 Å². The van der Waals surface area contributed by atoms with Gasteiger partial charge in [-0.3, -0.25) is 14.9 Å². The molecule has 2 amide bonds. The summed E-state index contributed by atoms with van der Waals surface area (Å²) in [6, 6.07) is 0. The minimum Gasteiger partial charge on any atom is -0.289 e. The highest BCUT2D eigenvalue weighted by atomic mass is 16.3. The van der Waals surface area contributed by atoms with E-state index in [1.165, 1.54) is 12.2 Å². The van der Waals surface area contributed by atoms with Crippen molar-refractivity contribution in [3.8, 4) is 0 Å². The van der Waals surface area contributed by atoms with Gasteiger partial charge in [-0.1, -0.05) is 0 Å². The maximum absolute atomic E-state index is 11.2. The first-order valence-corrected chi connectivity index (χ1v) is 3.85. The molecule has 0 fully saturated rings. The van der Waals surface area contributed by atoms with Crippen molar-refractivity contribution in [3.63, 3.8) is 0 Å². The van der Waals surface area contributed by atoms with Crippen LogP contribution in [0.1, 0.15) is 0 Å². The predicted molar refractivity (Wildman–Crippen MR) is 42.7 cm³/mol. The van der Waals surface area contributed by atoms with Gasteiger partial charge in [0.15, 0.2) is 0 Å². The molecular formula is C8H7N2O3+. The van der Waals surface area contributed by atoms with E-state index in [2.05, 4.69) is 5.32 Å². The third-order valence-corrected chi connectivity index (χ3v) is 1.98. The van der Waals surface area contributed by atoms with Gasteiger partial charge in [0.05, 0.1) is 5.57 Å². The Kier molecular flexibility index (Phi) is 1.58. The smallest absolute Gasteiger partial charge is 0.258 e. The molecular weight excluding hydrogens is 172 g/mol. The number of fused-ring (bicyclic) bond motifs is 1. The molecule has 0 saturated carbocycles. The fourth-order valence-corrected chi connectivity index (χ4v) is 1.40. The molecule has 2 aliphatic heterocycles. The molecule has 1 N–H and O–H groups in total. The maximum atomic E-state index is 11.2. The van der Waals surface area contributed by atoms with Crippen LogP contribution in [0.2, 0.25) is 0 Å². The molecule has 5 heteroatoms. The molecule has 0 atom stereocenters. The third-order valence-electron chi connectivity index (χ3n) is 1.98. The van der Waals surface area contributed by atoms with Crippen LogP contribution in [-0.2, 0) is 9.59 Å². The minimum absolute atomic E-state index is 0.116. The molecule has 0 radical (unpaired) electrons. The summed E-state index contributed by atoms with van der Waals surface area (Å²) >= 11 is 0. The zero-order chi connectivity index (χ0) is 9.42. The molecule has 0 aromatic heterocycles. The minimum atomic E-state index is -0.451. The van der Waals surface area contributed by atoms with Crippen molar-refractivity contribution in [2.24, 2.45) is 0 Å². The average Bonchev–Trinajstić information content (AvgIpc) is 2.02. The number of hydrogen-bond donors (Lipinski definition) is 1. The van der Waals surface area contributed by atoms with Crippen LogP contribution in [0.3, 0.4) is 0 Å². The lowest BCUT2D eigenvalue weighted by atomic mass is 9.99. The van der Waals surface area contributed by atoms with Crippen LogP contribution in [0, 0.1) is 4.91 Å². The lowest BCUT2D eigenvalue weighted by Gasteiger charge is -2.15. The van der Waals surface area contributed by atoms with Crippen molar-refractivity contribution >= 4 is 11.8 Å². The molecule has 2 heterocycles. The van der Waals surface area contributed by atoms with Crippen molar-refractivity contribution in [1.82, 2.24) is 5.32 Å². The molecule has 66 valence electrons. The van der Waals surface area contributed by atoms with Crippen molar-refractivity contribution in [1.29, 1.82) is 0 Å². The van der Waals surface area contributed by atoms with Crippen LogP contribution in [-0.4, -0.2) is 29.7 Å². The Balaban J connectivity index is 2.46. The van der Waals surface area contributed by atoms with E-state index >= 15 is 0 Å². The monoisotopic (exact) mass is 179 g/mol. The Labute approximate surface area is 73.7 Å². The van der Waals surface area contributed by atoms with Crippen LogP contribution < -0.4 is 5.32 Å². The Bertz CT molecular complexity index is 379. The third kappa shape index (κ3) is 1.28. The standard InChI is InChI=1S/C8H6N2O3/c11-7-3-5-4-10(13)2-1-6(5)8(12)9-7/h1,3H,2,4H2/p+1. The van der Waals surface area contributed by atoms with E-state index in [0.717, 1.165) is 4.76 Å². The number of nitrogens with zero attached hydrogens (tertiary/aromatic N) is 1. The Morgan fingerprint density at radius 3 is 2.92 bits per heavy atom. The van der Waals surface area contributed by atoms with Crippen molar-refractivity contribution in [2.75, 3.05) is 13.1 Å². The first-order valence-electron chi connectivity index (χ1n) is 3.85. The molecule has 0 saturated heterocycles. The van der Waals surface area contributed by atoms with Gasteiger partial charge in [0.2, 0.25) is 13.1 Å². The van der Waals surface area contributed by atoms with Crippen molar-refractivity contribution in [2.45, 2.75) is 0 Å². The SMILES string of the molecule is O=C1C=C2C[N+](=O)CC=C2C(=O)N1. The fourth-order valence-electron chi connectivity index (χ4n) is 1.40. The molecule has 2 aliphatic rings. The number of amides is 2. The quantitative estimate of drug-likeness (QED) is 0.394. The van der Waals surface area contributed by atoms with E-state index in [1.807, 2.05) is 0 Å². The highest BCUT2D eigenvalue weighted by Crippen LogP contribution is 2.17. The zero-order valence-corrected chi connectivity index (χ0v) is 6.74. The summed E-state index contributed by atoms with van der Waals surface area (Å²) in [4.78, 5) is 33.0. The fraction of sp³-hybridized carbons (Fsp3) is 0.250. The normalized spacial score (nSPS) is 21.7. The summed E-state index contributed by atoms with van der Waals surface area (Å²) in [6.45, 7) is 0.319. The van der Waals surface area contributed by atoms with E-state index in [-0.39, 0.29) is 13.1 Å². The number of carbonyl (C=O) groups excluding carboxylic acids is 2. The number of nitrogens with one attached hydrogen (secondary N) is 1. The zero-order valence-electron chi connectivity index (χ0n) is 6.74. The second kappa shape index (κ2) is 2.62. The van der Waals surface area contributed by atoms with Gasteiger partial charge in [-0.05, 0) is 6.08 Å². The molecule has 0 aromatic rings. The van der Waals surface area contributed by atoms with Crippen LogP contribution in [0.15, 0.2) is 23.3 Å². The average molecular weight is 179 g/mol. The summed E-state index contributed by atoms with van der Waals surface area (Å²) in [5, 5.41) is 2.15. The number of carbonyl (C=O) groups is 2. The second-order valence-corrected chi connectivity index (χ2v) is 2.93. The topological polar surface area (TPSA) is 66.2 Å². The van der Waals surface area contributed by atoms with Gasteiger partial charge in [0.25, 0.3) is 11.8 Å². The van der Waals surface area contributed by atoms with Gasteiger partial charge in [-0.15, -0.1) is 0 Å². The molecule has 0 aromatic carbocycles. The van der Waals surface area contributed by atoms with E-state index in [4.69, 9.17) is 0 Å². The summed E-state index contributed by atoms with van der Waals surface area (Å²) < 4.78 is 0.793. The van der Waals surface area contributed by atoms with E-state index in [1.54, 1.807) is 0 Å². The van der Waals surface area contributed by atoms with Gasteiger partial charge in [0, 0.05) is 21.3 Å². The summed E-state index contributed by atoms with van der Waals surface area (Å²) in [5.74, 6) is -0.858. The summed E-state index contributed by atoms with van der Waals surface area (Å²) in [7, 11) is 0. The molecule has 0 spiro atoms. The van der Waals surface area contributed by atoms with E-state index in [0.29, 0.717) is 11.1 Å². The van der Waals surface area contributed by atoms with E-state index < -0.39 is 11.8 Å². The van der Waals surface area contributed by atoms with Gasteiger partial charge in [-0.25, -0.2) is 0 Å². The lowest BCUT2D eigenvalue weighted by molar-refractivity contribution is -0.532. The Hall–Kier alpha value is -1.78. The number of nitroso groups, excluding NO2 is 1. The van der Waals surface area contributed by atoms with Crippen LogP contribution in [0.5, 0.6) is 0 Å². The van der Waals surface area contributed by atoms with Gasteiger partial charge in [0.1, 0.15) is 0 Å². The first kappa shape index (κ1) is 7.85. The van der Waals surface area contributed by atoms with Gasteiger partial charge >= 0.3 is 0 Å². The van der Waals surface area contributed by atoms with Crippen molar-refractivity contribution in [3.05, 3.63) is 28.2 Å². The highest BCUT2D eigenvalue weighted by Gasteiger charge is 2.30. The summed E-state index contributed by atoms with van der Waals surface area (Å²) in [5.41, 5.74) is 0.960. The maximum Gasteiger partial charge on any atom is 0.258 e. The molecule has 0 bridgehead atoms. The lowest BCUT2D eigenvalue weighted by Crippen LogP contribution is -2.38. The largest absolute Gasteiger partial charge is 0.289 e. The molecule has 2 rings (SSSR count). The molecule has 13 heavy (non-hydrogen) atoms. The molecule has 0 aliphatic carbocycles. The van der Waals surface area contributed by atoms with E-state index in [9.17, 15) is 14.5 Å². The predicted octanol–water partition coefficient (Wildman–Crippen LogP) is -0.712. The first-order chi connectivity index (χ1) is 6.16. The highest BCUT2D eigenvalue weighted by molar-refractivity contribution is 6.14. The number of hydrogen-bond acceptors (Lipinski definition) is 3. The summed E-state index contributed by atoms with van der Waals surface area (Å²) in [6.07, 6.45) is 2.82. The number of imide groups is 1.